The SMILES string of the molecule is CCc1nsc(N(C)C(C)CC#N)n1. The summed E-state index contributed by atoms with van der Waals surface area (Å²) in [6, 6.07) is 2.35. The van der Waals surface area contributed by atoms with Crippen molar-refractivity contribution in [3.63, 3.8) is 0 Å². The van der Waals surface area contributed by atoms with Crippen molar-refractivity contribution < 1.29 is 0 Å². The molecule has 1 unspecified atom stereocenters. The summed E-state index contributed by atoms with van der Waals surface area (Å²) in [6.45, 7) is 4.04. The lowest BCUT2D eigenvalue weighted by atomic mass is 10.2. The highest BCUT2D eigenvalue weighted by molar-refractivity contribution is 7.09. The molecule has 0 aromatic carbocycles. The number of aryl methyl sites for hydroxylation is 1. The molecule has 0 saturated heterocycles. The molecule has 0 aliphatic carbocycles. The first kappa shape index (κ1) is 10.9. The van der Waals surface area contributed by atoms with E-state index in [1.165, 1.54) is 11.5 Å². The average molecular weight is 210 g/mol. The summed E-state index contributed by atoms with van der Waals surface area (Å²) >= 11 is 1.39. The molecule has 1 heterocycles. The van der Waals surface area contributed by atoms with Crippen LogP contribution < -0.4 is 4.90 Å². The highest BCUT2D eigenvalue weighted by Gasteiger charge is 2.13. The van der Waals surface area contributed by atoms with Crippen molar-refractivity contribution in [2.24, 2.45) is 0 Å². The van der Waals surface area contributed by atoms with Crippen LogP contribution in [-0.2, 0) is 6.42 Å². The lowest BCUT2D eigenvalue weighted by Gasteiger charge is -2.20. The van der Waals surface area contributed by atoms with Crippen LogP contribution >= 0.6 is 11.5 Å². The van der Waals surface area contributed by atoms with E-state index < -0.39 is 0 Å². The van der Waals surface area contributed by atoms with Crippen molar-refractivity contribution >= 4 is 16.7 Å². The summed E-state index contributed by atoms with van der Waals surface area (Å²) < 4.78 is 4.20. The molecule has 0 aliphatic heterocycles. The largest absolute Gasteiger partial charge is 0.346 e. The van der Waals surface area contributed by atoms with Crippen LogP contribution in [0.15, 0.2) is 0 Å². The normalized spacial score (nSPS) is 12.1. The van der Waals surface area contributed by atoms with Crippen molar-refractivity contribution in [1.29, 1.82) is 5.26 Å². The number of anilines is 1. The van der Waals surface area contributed by atoms with E-state index in [1.807, 2.05) is 25.8 Å². The Morgan fingerprint density at radius 1 is 1.64 bits per heavy atom. The van der Waals surface area contributed by atoms with Crippen LogP contribution in [0.2, 0.25) is 0 Å². The van der Waals surface area contributed by atoms with E-state index in [4.69, 9.17) is 5.26 Å². The summed E-state index contributed by atoms with van der Waals surface area (Å²) in [4.78, 5) is 6.36. The summed E-state index contributed by atoms with van der Waals surface area (Å²) in [5.74, 6) is 0.876. The molecule has 0 aliphatic rings. The van der Waals surface area contributed by atoms with Gasteiger partial charge in [0.15, 0.2) is 0 Å². The Kier molecular flexibility index (Phi) is 3.84. The molecule has 0 radical (unpaired) electrons. The summed E-state index contributed by atoms with van der Waals surface area (Å²) in [6.07, 6.45) is 1.37. The van der Waals surface area contributed by atoms with Gasteiger partial charge in [0, 0.05) is 31.0 Å². The molecule has 1 aromatic rings. The van der Waals surface area contributed by atoms with Gasteiger partial charge in [-0.3, -0.25) is 0 Å². The Bertz CT molecular complexity index is 328. The van der Waals surface area contributed by atoms with E-state index in [0.29, 0.717) is 6.42 Å². The zero-order valence-corrected chi connectivity index (χ0v) is 9.51. The first-order chi connectivity index (χ1) is 6.69. The molecule has 0 spiro atoms. The average Bonchev–Trinajstić information content (AvgIpc) is 2.65. The molecule has 0 amide bonds. The third-order valence-electron chi connectivity index (χ3n) is 2.12. The third-order valence-corrected chi connectivity index (χ3v) is 2.97. The van der Waals surface area contributed by atoms with Gasteiger partial charge in [0.2, 0.25) is 5.13 Å². The van der Waals surface area contributed by atoms with Crippen LogP contribution in [-0.4, -0.2) is 22.4 Å². The fourth-order valence-electron chi connectivity index (χ4n) is 0.989. The molecule has 1 rings (SSSR count). The maximum absolute atomic E-state index is 8.57. The lowest BCUT2D eigenvalue weighted by molar-refractivity contribution is 0.699. The van der Waals surface area contributed by atoms with Crippen LogP contribution in [0, 0.1) is 11.3 Å². The smallest absolute Gasteiger partial charge is 0.205 e. The Morgan fingerprint density at radius 2 is 2.36 bits per heavy atom. The van der Waals surface area contributed by atoms with Gasteiger partial charge < -0.3 is 4.90 Å². The van der Waals surface area contributed by atoms with Gasteiger partial charge in [-0.1, -0.05) is 6.92 Å². The fourth-order valence-corrected chi connectivity index (χ4v) is 1.80. The zero-order chi connectivity index (χ0) is 10.6. The molecule has 0 saturated carbocycles. The first-order valence-corrected chi connectivity index (χ1v) is 5.38. The van der Waals surface area contributed by atoms with Gasteiger partial charge in [-0.05, 0) is 6.92 Å². The number of hydrogen-bond acceptors (Lipinski definition) is 5. The van der Waals surface area contributed by atoms with Crippen molar-refractivity contribution in [3.05, 3.63) is 5.82 Å². The number of nitrogens with zero attached hydrogens (tertiary/aromatic N) is 4. The standard InChI is InChI=1S/C9H14N4S/c1-4-8-11-9(14-12-8)13(3)7(2)5-6-10/h7H,4-5H2,1-3H3. The topological polar surface area (TPSA) is 52.8 Å². The molecule has 0 N–H and O–H groups in total. The van der Waals surface area contributed by atoms with Gasteiger partial charge in [-0.2, -0.15) is 9.64 Å². The van der Waals surface area contributed by atoms with Gasteiger partial charge >= 0.3 is 0 Å². The zero-order valence-electron chi connectivity index (χ0n) is 8.69. The van der Waals surface area contributed by atoms with Crippen LogP contribution in [0.5, 0.6) is 0 Å². The van der Waals surface area contributed by atoms with Gasteiger partial charge in [0.1, 0.15) is 5.82 Å². The van der Waals surface area contributed by atoms with Gasteiger partial charge in [0.05, 0.1) is 12.5 Å². The molecule has 76 valence electrons. The van der Waals surface area contributed by atoms with Crippen LogP contribution in [0.4, 0.5) is 5.13 Å². The van der Waals surface area contributed by atoms with E-state index in [1.54, 1.807) is 0 Å². The molecule has 0 bridgehead atoms. The number of aromatic nitrogens is 2. The Labute approximate surface area is 88.4 Å². The number of rotatable bonds is 4. The Morgan fingerprint density at radius 3 is 2.86 bits per heavy atom. The second-order valence-corrected chi connectivity index (χ2v) is 3.90. The van der Waals surface area contributed by atoms with Crippen LogP contribution in [0.3, 0.4) is 0 Å². The van der Waals surface area contributed by atoms with Crippen LogP contribution in [0.25, 0.3) is 0 Å². The number of nitriles is 1. The van der Waals surface area contributed by atoms with E-state index in [0.717, 1.165) is 17.4 Å². The predicted molar refractivity (Wildman–Crippen MR) is 57.4 cm³/mol. The van der Waals surface area contributed by atoms with Gasteiger partial charge in [0.25, 0.3) is 0 Å². The minimum Gasteiger partial charge on any atom is -0.346 e. The molecular weight excluding hydrogens is 196 g/mol. The quantitative estimate of drug-likeness (QED) is 0.761. The Hall–Kier alpha value is -1.15. The fraction of sp³-hybridized carbons (Fsp3) is 0.667. The minimum atomic E-state index is 0.192. The van der Waals surface area contributed by atoms with Crippen molar-refractivity contribution in [1.82, 2.24) is 9.36 Å². The second kappa shape index (κ2) is 4.91. The highest BCUT2D eigenvalue weighted by atomic mass is 32.1. The maximum atomic E-state index is 8.57. The third kappa shape index (κ3) is 2.42. The summed E-state index contributed by atoms with van der Waals surface area (Å²) in [5.41, 5.74) is 0. The molecule has 5 heteroatoms. The maximum Gasteiger partial charge on any atom is 0.205 e. The van der Waals surface area contributed by atoms with E-state index in [9.17, 15) is 0 Å². The molecular formula is C9H14N4S. The summed E-state index contributed by atoms with van der Waals surface area (Å²) in [5, 5.41) is 9.47. The molecule has 14 heavy (non-hydrogen) atoms. The van der Waals surface area contributed by atoms with E-state index >= 15 is 0 Å². The first-order valence-electron chi connectivity index (χ1n) is 4.61. The Balaban J connectivity index is 2.69. The lowest BCUT2D eigenvalue weighted by Crippen LogP contribution is -2.28. The molecule has 4 nitrogen and oxygen atoms in total. The predicted octanol–water partition coefficient (Wildman–Crippen LogP) is 1.84. The molecule has 0 fully saturated rings. The van der Waals surface area contributed by atoms with Gasteiger partial charge in [-0.15, -0.1) is 0 Å². The molecule has 1 aromatic heterocycles. The van der Waals surface area contributed by atoms with Crippen molar-refractivity contribution in [2.75, 3.05) is 11.9 Å². The monoisotopic (exact) mass is 210 g/mol. The van der Waals surface area contributed by atoms with E-state index in [-0.39, 0.29) is 6.04 Å². The summed E-state index contributed by atoms with van der Waals surface area (Å²) in [7, 11) is 1.95. The minimum absolute atomic E-state index is 0.192. The number of hydrogen-bond donors (Lipinski definition) is 0. The van der Waals surface area contributed by atoms with Crippen molar-refractivity contribution in [2.45, 2.75) is 32.7 Å². The van der Waals surface area contributed by atoms with Crippen LogP contribution in [0.1, 0.15) is 26.1 Å². The molecule has 1 atom stereocenters. The highest BCUT2D eigenvalue weighted by Crippen LogP contribution is 2.18. The van der Waals surface area contributed by atoms with Crippen molar-refractivity contribution in [3.8, 4) is 6.07 Å². The van der Waals surface area contributed by atoms with Gasteiger partial charge in [-0.25, -0.2) is 4.98 Å². The second-order valence-electron chi connectivity index (χ2n) is 3.17. The van der Waals surface area contributed by atoms with E-state index in [2.05, 4.69) is 15.4 Å².